The third kappa shape index (κ3) is 3.40. The Labute approximate surface area is 139 Å². The fourth-order valence-corrected chi connectivity index (χ4v) is 3.24. The van der Waals surface area contributed by atoms with E-state index in [-0.39, 0.29) is 19.4 Å². The molecule has 1 aromatic carbocycles. The first kappa shape index (κ1) is 16.8. The molecule has 1 unspecified atom stereocenters. The van der Waals surface area contributed by atoms with E-state index in [1.165, 1.54) is 4.90 Å². The predicted octanol–water partition coefficient (Wildman–Crippen LogP) is 2.50. The Bertz CT molecular complexity index is 646. The van der Waals surface area contributed by atoms with Gasteiger partial charge in [-0.15, -0.1) is 0 Å². The molecular weight excluding hydrogens is 316 g/mol. The lowest BCUT2D eigenvalue weighted by atomic mass is 10.1. The standard InChI is InChI=1S/C17H21F2N3O2/c1-12-6-8-22(20-12)14-4-2-13(3-5-14)16(24)21-11-17(18,19)10-15(21)7-9-23/h2-5,15,23H,6-11H2,1H3. The summed E-state index contributed by atoms with van der Waals surface area (Å²) in [6.45, 7) is 1.96. The molecule has 2 aliphatic rings. The summed E-state index contributed by atoms with van der Waals surface area (Å²) >= 11 is 0. The summed E-state index contributed by atoms with van der Waals surface area (Å²) in [6.07, 6.45) is 0.687. The highest BCUT2D eigenvalue weighted by atomic mass is 19.3. The molecule has 0 bridgehead atoms. The van der Waals surface area contributed by atoms with Crippen molar-refractivity contribution >= 4 is 17.3 Å². The first-order valence-corrected chi connectivity index (χ1v) is 8.11. The van der Waals surface area contributed by atoms with E-state index in [0.29, 0.717) is 5.56 Å². The molecule has 1 atom stereocenters. The van der Waals surface area contributed by atoms with Gasteiger partial charge in [-0.25, -0.2) is 8.78 Å². The normalized spacial score (nSPS) is 22.8. The third-order valence-electron chi connectivity index (χ3n) is 4.49. The molecule has 0 radical (unpaired) electrons. The molecule has 1 N–H and O–H groups in total. The Morgan fingerprint density at radius 2 is 2.08 bits per heavy atom. The van der Waals surface area contributed by atoms with Crippen molar-refractivity contribution < 1.29 is 18.7 Å². The zero-order valence-electron chi connectivity index (χ0n) is 13.6. The Kier molecular flexibility index (Phi) is 4.54. The molecule has 1 fully saturated rings. The molecule has 0 aromatic heterocycles. The predicted molar refractivity (Wildman–Crippen MR) is 87.6 cm³/mol. The summed E-state index contributed by atoms with van der Waals surface area (Å²) in [5.41, 5.74) is 2.31. The average molecular weight is 337 g/mol. The maximum absolute atomic E-state index is 13.7. The maximum atomic E-state index is 13.7. The van der Waals surface area contributed by atoms with Crippen LogP contribution in [-0.4, -0.2) is 53.3 Å². The first-order valence-electron chi connectivity index (χ1n) is 8.11. The number of aliphatic hydroxyl groups excluding tert-OH is 1. The minimum absolute atomic E-state index is 0.168. The summed E-state index contributed by atoms with van der Waals surface area (Å²) in [6, 6.07) is 6.23. The largest absolute Gasteiger partial charge is 0.396 e. The van der Waals surface area contributed by atoms with Gasteiger partial charge in [0.05, 0.1) is 12.2 Å². The number of likely N-dealkylation sites (tertiary alicyclic amines) is 1. The highest BCUT2D eigenvalue weighted by Gasteiger charge is 2.46. The van der Waals surface area contributed by atoms with Crippen LogP contribution in [0, 0.1) is 0 Å². The van der Waals surface area contributed by atoms with E-state index < -0.39 is 24.4 Å². The average Bonchev–Trinajstić information content (AvgIpc) is 3.10. The van der Waals surface area contributed by atoms with Gasteiger partial charge in [-0.05, 0) is 37.6 Å². The van der Waals surface area contributed by atoms with Gasteiger partial charge in [0.1, 0.15) is 0 Å². The molecule has 1 amide bonds. The number of hydrogen-bond acceptors (Lipinski definition) is 4. The molecule has 0 aliphatic carbocycles. The van der Waals surface area contributed by atoms with Crippen molar-refractivity contribution in [3.8, 4) is 0 Å². The summed E-state index contributed by atoms with van der Waals surface area (Å²) in [7, 11) is 0. The number of nitrogens with zero attached hydrogens (tertiary/aromatic N) is 3. The molecule has 24 heavy (non-hydrogen) atoms. The molecule has 2 aliphatic heterocycles. The van der Waals surface area contributed by atoms with Crippen LogP contribution in [0.5, 0.6) is 0 Å². The molecule has 5 nitrogen and oxygen atoms in total. The number of amides is 1. The van der Waals surface area contributed by atoms with Gasteiger partial charge in [0.15, 0.2) is 0 Å². The fraction of sp³-hybridized carbons (Fsp3) is 0.529. The van der Waals surface area contributed by atoms with Gasteiger partial charge in [-0.3, -0.25) is 9.80 Å². The minimum atomic E-state index is -2.89. The van der Waals surface area contributed by atoms with Gasteiger partial charge in [-0.2, -0.15) is 5.10 Å². The Morgan fingerprint density at radius 1 is 1.38 bits per heavy atom. The molecule has 130 valence electrons. The second-order valence-corrected chi connectivity index (χ2v) is 6.41. The van der Waals surface area contributed by atoms with E-state index in [9.17, 15) is 13.6 Å². The smallest absolute Gasteiger partial charge is 0.267 e. The maximum Gasteiger partial charge on any atom is 0.267 e. The fourth-order valence-electron chi connectivity index (χ4n) is 3.24. The second kappa shape index (κ2) is 6.47. The molecule has 3 rings (SSSR count). The minimum Gasteiger partial charge on any atom is -0.396 e. The van der Waals surface area contributed by atoms with Crippen molar-refractivity contribution in [3.63, 3.8) is 0 Å². The van der Waals surface area contributed by atoms with Gasteiger partial charge in [0.2, 0.25) is 0 Å². The van der Waals surface area contributed by atoms with E-state index in [1.54, 1.807) is 24.3 Å². The Morgan fingerprint density at radius 3 is 2.67 bits per heavy atom. The molecule has 0 saturated carbocycles. The zero-order valence-corrected chi connectivity index (χ0v) is 13.6. The van der Waals surface area contributed by atoms with Crippen molar-refractivity contribution in [3.05, 3.63) is 29.8 Å². The molecule has 7 heteroatoms. The summed E-state index contributed by atoms with van der Waals surface area (Å²) in [4.78, 5) is 13.8. The third-order valence-corrected chi connectivity index (χ3v) is 4.49. The van der Waals surface area contributed by atoms with Crippen molar-refractivity contribution in [2.75, 3.05) is 24.7 Å². The molecule has 1 saturated heterocycles. The molecule has 2 heterocycles. The lowest BCUT2D eigenvalue weighted by Gasteiger charge is -2.23. The highest BCUT2D eigenvalue weighted by molar-refractivity contribution is 5.95. The zero-order chi connectivity index (χ0) is 17.3. The van der Waals surface area contributed by atoms with Gasteiger partial charge in [-0.1, -0.05) is 0 Å². The second-order valence-electron chi connectivity index (χ2n) is 6.41. The lowest BCUT2D eigenvalue weighted by Crippen LogP contribution is -2.37. The Balaban J connectivity index is 1.75. The van der Waals surface area contributed by atoms with Crippen LogP contribution in [0.3, 0.4) is 0 Å². The number of rotatable bonds is 4. The number of anilines is 1. The van der Waals surface area contributed by atoms with Gasteiger partial charge < -0.3 is 10.0 Å². The number of hydrogen-bond donors (Lipinski definition) is 1. The van der Waals surface area contributed by atoms with Crippen LogP contribution < -0.4 is 5.01 Å². The summed E-state index contributed by atoms with van der Waals surface area (Å²) in [5, 5.41) is 15.3. The van der Waals surface area contributed by atoms with Crippen LogP contribution in [0.1, 0.15) is 36.5 Å². The van der Waals surface area contributed by atoms with Crippen molar-refractivity contribution in [1.82, 2.24) is 4.90 Å². The van der Waals surface area contributed by atoms with Crippen LogP contribution in [0.15, 0.2) is 29.4 Å². The highest BCUT2D eigenvalue weighted by Crippen LogP contribution is 2.34. The van der Waals surface area contributed by atoms with Crippen LogP contribution in [0.4, 0.5) is 14.5 Å². The van der Waals surface area contributed by atoms with Gasteiger partial charge >= 0.3 is 0 Å². The molecule has 1 aromatic rings. The number of halogens is 2. The van der Waals surface area contributed by atoms with Crippen molar-refractivity contribution in [2.45, 2.75) is 38.2 Å². The SMILES string of the molecule is CC1=NN(c2ccc(C(=O)N3CC(F)(F)CC3CCO)cc2)CC1. The molecule has 0 spiro atoms. The topological polar surface area (TPSA) is 56.1 Å². The quantitative estimate of drug-likeness (QED) is 0.918. The summed E-state index contributed by atoms with van der Waals surface area (Å²) < 4.78 is 27.3. The van der Waals surface area contributed by atoms with E-state index in [4.69, 9.17) is 5.11 Å². The first-order chi connectivity index (χ1) is 11.4. The Hall–Kier alpha value is -2.02. The van der Waals surface area contributed by atoms with Crippen LogP contribution in [0.2, 0.25) is 0 Å². The number of benzene rings is 1. The number of hydrazone groups is 1. The van der Waals surface area contributed by atoms with Gasteiger partial charge in [0, 0.05) is 43.3 Å². The number of aliphatic hydroxyl groups is 1. The van der Waals surface area contributed by atoms with Crippen LogP contribution in [0.25, 0.3) is 0 Å². The number of carbonyl (C=O) groups excluding carboxylic acids is 1. The molecular formula is C17H21F2N3O2. The van der Waals surface area contributed by atoms with Crippen LogP contribution >= 0.6 is 0 Å². The summed E-state index contributed by atoms with van der Waals surface area (Å²) in [5.74, 6) is -3.31. The number of carbonyl (C=O) groups is 1. The van der Waals surface area contributed by atoms with Gasteiger partial charge in [0.25, 0.3) is 11.8 Å². The van der Waals surface area contributed by atoms with E-state index >= 15 is 0 Å². The van der Waals surface area contributed by atoms with E-state index in [0.717, 1.165) is 24.4 Å². The van der Waals surface area contributed by atoms with E-state index in [1.807, 2.05) is 11.9 Å². The van der Waals surface area contributed by atoms with Crippen LogP contribution in [-0.2, 0) is 0 Å². The lowest BCUT2D eigenvalue weighted by molar-refractivity contribution is 0.0117. The number of alkyl halides is 2. The van der Waals surface area contributed by atoms with Crippen molar-refractivity contribution in [2.24, 2.45) is 5.10 Å². The van der Waals surface area contributed by atoms with E-state index in [2.05, 4.69) is 5.10 Å². The monoisotopic (exact) mass is 337 g/mol. The van der Waals surface area contributed by atoms with Crippen molar-refractivity contribution in [1.29, 1.82) is 0 Å².